The first-order valence-electron chi connectivity index (χ1n) is 24.2. The van der Waals surface area contributed by atoms with Crippen LogP contribution in [0.1, 0.15) is 239 Å². The van der Waals surface area contributed by atoms with Crippen LogP contribution < -0.4 is 0 Å². The third-order valence-electron chi connectivity index (χ3n) is 10.3. The highest BCUT2D eigenvalue weighted by Crippen LogP contribution is 2.14. The van der Waals surface area contributed by atoms with Gasteiger partial charge in [0, 0.05) is 19.4 Å². The molecule has 0 heterocycles. The molecule has 0 N–H and O–H groups in total. The molecule has 0 aromatic carbocycles. The largest absolute Gasteiger partial charge is 0.462 e. The molecule has 326 valence electrons. The fourth-order valence-corrected chi connectivity index (χ4v) is 6.75. The number of rotatable bonds is 44. The SMILES string of the molecule is CC/C=C\C/C=C\C/C=C\CCCCCCCCCCOCC(COC(=O)CCCCCCC/C=C\CCCCCCCC)OC(=O)CCCCCCCCC. The van der Waals surface area contributed by atoms with Crippen molar-refractivity contribution in [3.63, 3.8) is 0 Å². The summed E-state index contributed by atoms with van der Waals surface area (Å²) in [4.78, 5) is 25.2. The Hall–Kier alpha value is -2.14. The topological polar surface area (TPSA) is 61.8 Å². The minimum atomic E-state index is -0.538. The number of hydrogen-bond donors (Lipinski definition) is 0. The average Bonchev–Trinajstić information content (AvgIpc) is 3.20. The molecular weight excluding hydrogens is 693 g/mol. The Labute approximate surface area is 348 Å². The number of ether oxygens (including phenoxy) is 3. The number of hydrogen-bond acceptors (Lipinski definition) is 5. The number of esters is 2. The first-order chi connectivity index (χ1) is 27.6. The highest BCUT2D eigenvalue weighted by Gasteiger charge is 2.17. The lowest BCUT2D eigenvalue weighted by Crippen LogP contribution is -2.30. The van der Waals surface area contributed by atoms with Gasteiger partial charge in [0.15, 0.2) is 6.10 Å². The van der Waals surface area contributed by atoms with Crippen LogP contribution in [-0.2, 0) is 23.8 Å². The maximum absolute atomic E-state index is 12.6. The lowest BCUT2D eigenvalue weighted by Gasteiger charge is -2.18. The van der Waals surface area contributed by atoms with Gasteiger partial charge >= 0.3 is 11.9 Å². The van der Waals surface area contributed by atoms with Crippen molar-refractivity contribution in [1.29, 1.82) is 0 Å². The van der Waals surface area contributed by atoms with Crippen molar-refractivity contribution in [3.05, 3.63) is 48.6 Å². The minimum absolute atomic E-state index is 0.0798. The summed E-state index contributed by atoms with van der Waals surface area (Å²) < 4.78 is 17.3. The van der Waals surface area contributed by atoms with E-state index in [0.717, 1.165) is 70.6 Å². The van der Waals surface area contributed by atoms with Gasteiger partial charge in [0.05, 0.1) is 6.61 Å². The lowest BCUT2D eigenvalue weighted by atomic mass is 10.1. The monoisotopic (exact) mass is 785 g/mol. The fraction of sp³-hybridized carbons (Fsp3) is 0.804. The minimum Gasteiger partial charge on any atom is -0.462 e. The van der Waals surface area contributed by atoms with Crippen molar-refractivity contribution in [3.8, 4) is 0 Å². The molecule has 0 aliphatic carbocycles. The van der Waals surface area contributed by atoms with Crippen LogP contribution in [0.3, 0.4) is 0 Å². The van der Waals surface area contributed by atoms with Crippen molar-refractivity contribution in [2.45, 2.75) is 245 Å². The molecule has 0 spiro atoms. The highest BCUT2D eigenvalue weighted by atomic mass is 16.6. The smallest absolute Gasteiger partial charge is 0.306 e. The summed E-state index contributed by atoms with van der Waals surface area (Å²) in [5.74, 6) is -0.411. The number of carbonyl (C=O) groups is 2. The van der Waals surface area contributed by atoms with Crippen molar-refractivity contribution in [1.82, 2.24) is 0 Å². The van der Waals surface area contributed by atoms with Crippen molar-refractivity contribution in [2.24, 2.45) is 0 Å². The van der Waals surface area contributed by atoms with Gasteiger partial charge in [-0.25, -0.2) is 0 Å². The Bertz CT molecular complexity index is 935. The summed E-state index contributed by atoms with van der Waals surface area (Å²) >= 11 is 0. The Morgan fingerprint density at radius 3 is 1.30 bits per heavy atom. The van der Waals surface area contributed by atoms with Gasteiger partial charge in [-0.3, -0.25) is 9.59 Å². The quantitative estimate of drug-likeness (QED) is 0.0350. The highest BCUT2D eigenvalue weighted by molar-refractivity contribution is 5.70. The van der Waals surface area contributed by atoms with E-state index in [1.54, 1.807) is 0 Å². The molecule has 0 aliphatic heterocycles. The molecule has 0 saturated carbocycles. The van der Waals surface area contributed by atoms with E-state index in [1.165, 1.54) is 135 Å². The van der Waals surface area contributed by atoms with E-state index in [0.29, 0.717) is 19.4 Å². The fourth-order valence-electron chi connectivity index (χ4n) is 6.75. The summed E-state index contributed by atoms with van der Waals surface area (Å²) in [6.45, 7) is 7.67. The number of unbranched alkanes of at least 4 members (excludes halogenated alkanes) is 25. The molecule has 0 aromatic heterocycles. The normalized spacial score (nSPS) is 12.6. The maximum atomic E-state index is 12.6. The zero-order valence-corrected chi connectivity index (χ0v) is 37.4. The van der Waals surface area contributed by atoms with Crippen LogP contribution in [0, 0.1) is 0 Å². The molecule has 1 atom stereocenters. The molecule has 5 nitrogen and oxygen atoms in total. The third-order valence-corrected chi connectivity index (χ3v) is 10.3. The van der Waals surface area contributed by atoms with Crippen LogP contribution in [0.5, 0.6) is 0 Å². The molecule has 0 aliphatic rings. The van der Waals surface area contributed by atoms with Gasteiger partial charge in [-0.1, -0.05) is 198 Å². The van der Waals surface area contributed by atoms with E-state index in [9.17, 15) is 9.59 Å². The molecule has 0 aromatic rings. The molecule has 0 bridgehead atoms. The van der Waals surface area contributed by atoms with Crippen LogP contribution in [-0.4, -0.2) is 37.9 Å². The summed E-state index contributed by atoms with van der Waals surface area (Å²) in [5.41, 5.74) is 0. The number of carbonyl (C=O) groups excluding carboxylic acids is 2. The number of allylic oxidation sites excluding steroid dienone is 8. The van der Waals surface area contributed by atoms with Crippen molar-refractivity contribution >= 4 is 11.9 Å². The van der Waals surface area contributed by atoms with Gasteiger partial charge in [0.25, 0.3) is 0 Å². The zero-order chi connectivity index (χ0) is 40.7. The lowest BCUT2D eigenvalue weighted by molar-refractivity contribution is -0.163. The summed E-state index contributed by atoms with van der Waals surface area (Å²) in [7, 11) is 0. The Morgan fingerprint density at radius 2 is 0.804 bits per heavy atom. The van der Waals surface area contributed by atoms with Crippen molar-refractivity contribution < 1.29 is 23.8 Å². The van der Waals surface area contributed by atoms with Gasteiger partial charge in [0.1, 0.15) is 6.61 Å². The molecule has 0 saturated heterocycles. The van der Waals surface area contributed by atoms with Crippen LogP contribution in [0.25, 0.3) is 0 Å². The maximum Gasteiger partial charge on any atom is 0.306 e. The van der Waals surface area contributed by atoms with Gasteiger partial charge in [0.2, 0.25) is 0 Å². The van der Waals surface area contributed by atoms with Crippen LogP contribution in [0.4, 0.5) is 0 Å². The van der Waals surface area contributed by atoms with E-state index >= 15 is 0 Å². The molecule has 1 unspecified atom stereocenters. The first-order valence-corrected chi connectivity index (χ1v) is 24.2. The molecule has 56 heavy (non-hydrogen) atoms. The molecule has 0 amide bonds. The predicted octanol–water partition coefficient (Wildman–Crippen LogP) is 16.0. The van der Waals surface area contributed by atoms with Gasteiger partial charge in [-0.15, -0.1) is 0 Å². The Morgan fingerprint density at radius 1 is 0.411 bits per heavy atom. The van der Waals surface area contributed by atoms with Crippen molar-refractivity contribution in [2.75, 3.05) is 19.8 Å². The van der Waals surface area contributed by atoms with Crippen LogP contribution in [0.2, 0.25) is 0 Å². The van der Waals surface area contributed by atoms with E-state index < -0.39 is 6.10 Å². The molecular formula is C51H92O5. The van der Waals surface area contributed by atoms with E-state index in [-0.39, 0.29) is 25.2 Å². The Balaban J connectivity index is 4.14. The zero-order valence-electron chi connectivity index (χ0n) is 37.4. The molecule has 0 fully saturated rings. The van der Waals surface area contributed by atoms with Gasteiger partial charge in [-0.2, -0.15) is 0 Å². The van der Waals surface area contributed by atoms with Crippen LogP contribution in [0.15, 0.2) is 48.6 Å². The van der Waals surface area contributed by atoms with Gasteiger partial charge in [-0.05, 0) is 77.0 Å². The van der Waals surface area contributed by atoms with E-state index in [2.05, 4.69) is 69.4 Å². The first kappa shape index (κ1) is 53.9. The van der Waals surface area contributed by atoms with E-state index in [1.807, 2.05) is 0 Å². The summed E-state index contributed by atoms with van der Waals surface area (Å²) in [6, 6.07) is 0. The standard InChI is InChI=1S/C51H92O5/c1-4-7-10-13-16-18-20-22-24-25-26-28-30-32-34-37-40-43-46-54-47-49(56-51(53)45-42-39-35-15-12-9-6-3)48-55-50(52)44-41-38-36-33-31-29-27-23-21-19-17-14-11-8-5-2/h7,10,16,18,22-24,27,49H,4-6,8-9,11-15,17,19-21,25-26,28-48H2,1-3H3/b10-7-,18-16-,24-22-,27-23-. The average molecular weight is 785 g/mol. The second-order valence-electron chi connectivity index (χ2n) is 16.0. The molecule has 5 heteroatoms. The van der Waals surface area contributed by atoms with Gasteiger partial charge < -0.3 is 14.2 Å². The van der Waals surface area contributed by atoms with Crippen LogP contribution >= 0.6 is 0 Å². The summed E-state index contributed by atoms with van der Waals surface area (Å²) in [6.07, 6.45) is 57.0. The summed E-state index contributed by atoms with van der Waals surface area (Å²) in [5, 5.41) is 0. The van der Waals surface area contributed by atoms with E-state index in [4.69, 9.17) is 14.2 Å². The second-order valence-corrected chi connectivity index (χ2v) is 16.0. The molecule has 0 radical (unpaired) electrons. The third kappa shape index (κ3) is 44.6. The second kappa shape index (κ2) is 47.2. The Kier molecular flexibility index (Phi) is 45.4. The predicted molar refractivity (Wildman–Crippen MR) is 242 cm³/mol. The molecule has 0 rings (SSSR count).